The van der Waals surface area contributed by atoms with E-state index in [9.17, 15) is 14.0 Å². The van der Waals surface area contributed by atoms with Gasteiger partial charge in [0.2, 0.25) is 5.91 Å². The van der Waals surface area contributed by atoms with Crippen molar-refractivity contribution in [1.82, 2.24) is 0 Å². The van der Waals surface area contributed by atoms with E-state index in [1.54, 1.807) is 36.4 Å². The van der Waals surface area contributed by atoms with Gasteiger partial charge in [-0.15, -0.1) is 11.3 Å². The Hall–Kier alpha value is -3.19. The molecule has 2 N–H and O–H groups in total. The van der Waals surface area contributed by atoms with Gasteiger partial charge in [0, 0.05) is 23.6 Å². The summed E-state index contributed by atoms with van der Waals surface area (Å²) in [6, 6.07) is 13.0. The van der Waals surface area contributed by atoms with Crippen LogP contribution >= 0.6 is 11.3 Å². The lowest BCUT2D eigenvalue weighted by Crippen LogP contribution is -2.11. The number of rotatable bonds is 5. The zero-order valence-corrected chi connectivity index (χ0v) is 16.4. The smallest absolute Gasteiger partial charge is 0.265 e. The summed E-state index contributed by atoms with van der Waals surface area (Å²) in [6.45, 7) is 3.33. The second-order valence-electron chi connectivity index (χ2n) is 6.14. The number of nitrogens with one attached hydrogen (secondary N) is 2. The molecule has 7 heteroatoms. The molecule has 0 spiro atoms. The normalized spacial score (nSPS) is 10.4. The molecule has 0 aliphatic heterocycles. The van der Waals surface area contributed by atoms with Crippen molar-refractivity contribution in [3.63, 3.8) is 0 Å². The summed E-state index contributed by atoms with van der Waals surface area (Å²) in [5.41, 5.74) is 2.83. The summed E-state index contributed by atoms with van der Waals surface area (Å²) in [4.78, 5) is 25.4. The van der Waals surface area contributed by atoms with Crippen LogP contribution < -0.4 is 15.4 Å². The van der Waals surface area contributed by atoms with Crippen LogP contribution in [0.4, 0.5) is 15.8 Å². The maximum absolute atomic E-state index is 13.1. The number of ether oxygens (including phenoxy) is 1. The van der Waals surface area contributed by atoms with Gasteiger partial charge in [-0.25, -0.2) is 4.39 Å². The maximum Gasteiger partial charge on any atom is 0.265 e. The molecule has 0 fully saturated rings. The van der Waals surface area contributed by atoms with Gasteiger partial charge in [0.15, 0.2) is 0 Å². The molecule has 2 amide bonds. The van der Waals surface area contributed by atoms with Crippen molar-refractivity contribution in [2.24, 2.45) is 0 Å². The van der Waals surface area contributed by atoms with Crippen molar-refractivity contribution in [2.45, 2.75) is 13.8 Å². The number of anilines is 2. The van der Waals surface area contributed by atoms with Crippen molar-refractivity contribution < 1.29 is 18.7 Å². The minimum atomic E-state index is -0.300. The predicted octanol–water partition coefficient (Wildman–Crippen LogP) is 5.08. The Labute approximate surface area is 166 Å². The second kappa shape index (κ2) is 8.22. The third-order valence-corrected chi connectivity index (χ3v) is 5.12. The summed E-state index contributed by atoms with van der Waals surface area (Å²) in [6.07, 6.45) is 0. The molecule has 28 heavy (non-hydrogen) atoms. The lowest BCUT2D eigenvalue weighted by atomic mass is 10.1. The molecule has 0 unspecified atom stereocenters. The molecule has 0 aliphatic carbocycles. The number of hydrogen-bond donors (Lipinski definition) is 2. The largest absolute Gasteiger partial charge is 0.494 e. The number of thiophene rings is 1. The van der Waals surface area contributed by atoms with Crippen molar-refractivity contribution >= 4 is 34.5 Å². The molecule has 0 aliphatic rings. The Balaban J connectivity index is 1.81. The molecule has 3 aromatic rings. The monoisotopic (exact) mass is 398 g/mol. The summed E-state index contributed by atoms with van der Waals surface area (Å²) < 4.78 is 18.4. The average molecular weight is 398 g/mol. The highest BCUT2D eigenvalue weighted by Gasteiger charge is 2.15. The lowest BCUT2D eigenvalue weighted by molar-refractivity contribution is -0.114. The molecule has 0 saturated carbocycles. The highest BCUT2D eigenvalue weighted by atomic mass is 32.1. The van der Waals surface area contributed by atoms with E-state index in [4.69, 9.17) is 4.74 Å². The maximum atomic E-state index is 13.1. The van der Waals surface area contributed by atoms with Crippen LogP contribution in [0, 0.1) is 12.7 Å². The first kappa shape index (κ1) is 19.6. The summed E-state index contributed by atoms with van der Waals surface area (Å²) in [5, 5.41) is 5.50. The van der Waals surface area contributed by atoms with Crippen LogP contribution in [0.1, 0.15) is 21.5 Å². The standard InChI is InChI=1S/C21H19FN2O3S/c1-12-17(14-4-6-15(22)7-5-14)11-20(28-12)21(26)24-16-8-9-18(23-13(2)25)19(10-16)27-3/h4-11H,1-3H3,(H,23,25)(H,24,26). The zero-order valence-electron chi connectivity index (χ0n) is 15.6. The van der Waals surface area contributed by atoms with E-state index < -0.39 is 0 Å². The predicted molar refractivity (Wildman–Crippen MR) is 110 cm³/mol. The number of aryl methyl sites for hydroxylation is 1. The Bertz CT molecular complexity index is 1030. The first-order valence-corrected chi connectivity index (χ1v) is 9.32. The molecule has 0 radical (unpaired) electrons. The van der Waals surface area contributed by atoms with Gasteiger partial charge in [0.1, 0.15) is 11.6 Å². The first-order chi connectivity index (χ1) is 13.4. The fourth-order valence-corrected chi connectivity index (χ4v) is 3.70. The van der Waals surface area contributed by atoms with Crippen molar-refractivity contribution in [2.75, 3.05) is 17.7 Å². The van der Waals surface area contributed by atoms with Gasteiger partial charge in [0.25, 0.3) is 5.91 Å². The van der Waals surface area contributed by atoms with Crippen LogP contribution in [-0.2, 0) is 4.79 Å². The SMILES string of the molecule is COc1cc(NC(=O)c2cc(-c3ccc(F)cc3)c(C)s2)ccc1NC(C)=O. The molecule has 1 heterocycles. The topological polar surface area (TPSA) is 67.4 Å². The summed E-state index contributed by atoms with van der Waals surface area (Å²) >= 11 is 1.37. The quantitative estimate of drug-likeness (QED) is 0.630. The molecule has 3 rings (SSSR count). The highest BCUT2D eigenvalue weighted by Crippen LogP contribution is 2.32. The van der Waals surface area contributed by atoms with E-state index in [0.717, 1.165) is 16.0 Å². The van der Waals surface area contributed by atoms with E-state index in [2.05, 4.69) is 10.6 Å². The van der Waals surface area contributed by atoms with Crippen LogP contribution in [-0.4, -0.2) is 18.9 Å². The van der Waals surface area contributed by atoms with Crippen LogP contribution in [0.2, 0.25) is 0 Å². The number of amides is 2. The molecule has 0 saturated heterocycles. The average Bonchev–Trinajstić information content (AvgIpc) is 3.05. The van der Waals surface area contributed by atoms with E-state index in [0.29, 0.717) is 22.0 Å². The van der Waals surface area contributed by atoms with Gasteiger partial charge >= 0.3 is 0 Å². The molecule has 0 atom stereocenters. The second-order valence-corrected chi connectivity index (χ2v) is 7.39. The van der Waals surface area contributed by atoms with Gasteiger partial charge in [-0.3, -0.25) is 9.59 Å². The fraction of sp³-hybridized carbons (Fsp3) is 0.143. The van der Waals surface area contributed by atoms with E-state index in [-0.39, 0.29) is 17.6 Å². The van der Waals surface area contributed by atoms with Crippen LogP contribution in [0.15, 0.2) is 48.5 Å². The molecule has 0 bridgehead atoms. The van der Waals surface area contributed by atoms with Crippen LogP contribution in [0.5, 0.6) is 5.75 Å². The van der Waals surface area contributed by atoms with Gasteiger partial charge in [0.05, 0.1) is 17.7 Å². The molecular weight excluding hydrogens is 379 g/mol. The number of benzene rings is 2. The molecule has 1 aromatic heterocycles. The zero-order chi connectivity index (χ0) is 20.3. The summed E-state index contributed by atoms with van der Waals surface area (Å²) in [5.74, 6) is -0.318. The minimum Gasteiger partial charge on any atom is -0.494 e. The molecular formula is C21H19FN2O3S. The van der Waals surface area contributed by atoms with Crippen LogP contribution in [0.3, 0.4) is 0 Å². The number of hydrogen-bond acceptors (Lipinski definition) is 4. The number of halogens is 1. The van der Waals surface area contributed by atoms with E-state index in [1.165, 1.54) is 37.5 Å². The van der Waals surface area contributed by atoms with Gasteiger partial charge in [-0.2, -0.15) is 0 Å². The van der Waals surface area contributed by atoms with Crippen molar-refractivity contribution in [1.29, 1.82) is 0 Å². The Morgan fingerprint density at radius 3 is 2.39 bits per heavy atom. The number of carbonyl (C=O) groups excluding carboxylic acids is 2. The molecule has 144 valence electrons. The Morgan fingerprint density at radius 1 is 1.04 bits per heavy atom. The van der Waals surface area contributed by atoms with Gasteiger partial charge < -0.3 is 15.4 Å². The third-order valence-electron chi connectivity index (χ3n) is 4.07. The van der Waals surface area contributed by atoms with Crippen molar-refractivity contribution in [3.05, 3.63) is 64.1 Å². The number of carbonyl (C=O) groups is 2. The summed E-state index contributed by atoms with van der Waals surface area (Å²) in [7, 11) is 1.49. The van der Waals surface area contributed by atoms with Gasteiger partial charge in [-0.1, -0.05) is 12.1 Å². The fourth-order valence-electron chi connectivity index (χ4n) is 2.76. The van der Waals surface area contributed by atoms with E-state index in [1.807, 2.05) is 6.92 Å². The van der Waals surface area contributed by atoms with E-state index >= 15 is 0 Å². The third kappa shape index (κ3) is 4.37. The Kier molecular flexibility index (Phi) is 5.75. The highest BCUT2D eigenvalue weighted by molar-refractivity contribution is 7.14. The number of methoxy groups -OCH3 is 1. The minimum absolute atomic E-state index is 0.211. The lowest BCUT2D eigenvalue weighted by Gasteiger charge is -2.11. The molecule has 5 nitrogen and oxygen atoms in total. The Morgan fingerprint density at radius 2 is 1.75 bits per heavy atom. The van der Waals surface area contributed by atoms with Crippen LogP contribution in [0.25, 0.3) is 11.1 Å². The molecule has 2 aromatic carbocycles. The van der Waals surface area contributed by atoms with Gasteiger partial charge in [-0.05, 0) is 48.4 Å². The first-order valence-electron chi connectivity index (χ1n) is 8.50. The van der Waals surface area contributed by atoms with Crippen molar-refractivity contribution in [3.8, 4) is 16.9 Å².